The van der Waals surface area contributed by atoms with Crippen molar-refractivity contribution in [3.63, 3.8) is 0 Å². The highest BCUT2D eigenvalue weighted by Gasteiger charge is 2.27. The summed E-state index contributed by atoms with van der Waals surface area (Å²) in [4.78, 5) is 27.8. The molecule has 0 amide bonds. The number of carbonyl (C=O) groups is 1. The first kappa shape index (κ1) is 17.4. The van der Waals surface area contributed by atoms with E-state index < -0.39 is 10.9 Å². The van der Waals surface area contributed by atoms with Gasteiger partial charge < -0.3 is 9.25 Å². The van der Waals surface area contributed by atoms with Crippen molar-refractivity contribution in [2.75, 3.05) is 0 Å². The fraction of sp³-hybridized carbons (Fsp3) is 0.0476. The number of aryl methyl sites for hydroxylation is 1. The summed E-state index contributed by atoms with van der Waals surface area (Å²) in [5, 5.41) is 15.2. The van der Waals surface area contributed by atoms with E-state index in [0.717, 1.165) is 11.1 Å². The van der Waals surface area contributed by atoms with E-state index >= 15 is 0 Å². The Balaban J connectivity index is 1.71. The fourth-order valence-electron chi connectivity index (χ4n) is 2.93. The van der Waals surface area contributed by atoms with Crippen LogP contribution in [-0.2, 0) is 9.63 Å². The first-order valence-corrected chi connectivity index (χ1v) is 8.45. The number of rotatable bonds is 4. The summed E-state index contributed by atoms with van der Waals surface area (Å²) >= 11 is 0. The number of furan rings is 1. The van der Waals surface area contributed by atoms with Crippen LogP contribution in [0.1, 0.15) is 16.9 Å². The molecule has 0 atom stereocenters. The van der Waals surface area contributed by atoms with Crippen molar-refractivity contribution in [2.24, 2.45) is 5.16 Å². The lowest BCUT2D eigenvalue weighted by Gasteiger charge is -2.01. The molecule has 7 heteroatoms. The summed E-state index contributed by atoms with van der Waals surface area (Å²) in [7, 11) is 0. The fourth-order valence-corrected chi connectivity index (χ4v) is 2.93. The second-order valence-electron chi connectivity index (χ2n) is 6.22. The van der Waals surface area contributed by atoms with Crippen molar-refractivity contribution in [1.82, 2.24) is 0 Å². The highest BCUT2D eigenvalue weighted by atomic mass is 16.7. The smallest absolute Gasteiger partial charge is 0.368 e. The summed E-state index contributed by atoms with van der Waals surface area (Å²) in [6.45, 7) is 1.78. The molecule has 0 unspecified atom stereocenters. The van der Waals surface area contributed by atoms with Crippen LogP contribution in [-0.4, -0.2) is 16.6 Å². The lowest BCUT2D eigenvalue weighted by Crippen LogP contribution is -2.06. The summed E-state index contributed by atoms with van der Waals surface area (Å²) in [6, 6.07) is 17.3. The molecule has 0 radical (unpaired) electrons. The average Bonchev–Trinajstić information content (AvgIpc) is 3.30. The molecule has 0 saturated carbocycles. The van der Waals surface area contributed by atoms with E-state index in [4.69, 9.17) is 9.25 Å². The summed E-state index contributed by atoms with van der Waals surface area (Å²) < 4.78 is 5.75. The molecular weight excluding hydrogens is 360 g/mol. The largest absolute Gasteiger partial charge is 0.456 e. The van der Waals surface area contributed by atoms with Crippen molar-refractivity contribution in [3.05, 3.63) is 93.2 Å². The lowest BCUT2D eigenvalue weighted by atomic mass is 10.0. The Hall–Kier alpha value is -4.00. The van der Waals surface area contributed by atoms with E-state index in [0.29, 0.717) is 22.8 Å². The number of nitro groups is 1. The van der Waals surface area contributed by atoms with Gasteiger partial charge in [-0.15, -0.1) is 0 Å². The zero-order valence-electron chi connectivity index (χ0n) is 14.8. The zero-order chi connectivity index (χ0) is 19.7. The van der Waals surface area contributed by atoms with E-state index in [9.17, 15) is 14.9 Å². The first-order valence-electron chi connectivity index (χ1n) is 8.45. The van der Waals surface area contributed by atoms with Gasteiger partial charge in [0.25, 0.3) is 5.69 Å². The van der Waals surface area contributed by atoms with E-state index in [-0.39, 0.29) is 11.3 Å². The number of benzene rings is 2. The molecule has 1 aliphatic rings. The molecule has 2 heterocycles. The van der Waals surface area contributed by atoms with Crippen LogP contribution in [0.5, 0.6) is 0 Å². The molecule has 7 nitrogen and oxygen atoms in total. The monoisotopic (exact) mass is 374 g/mol. The van der Waals surface area contributed by atoms with Crippen LogP contribution in [0, 0.1) is 17.0 Å². The van der Waals surface area contributed by atoms with Crippen LogP contribution >= 0.6 is 0 Å². The van der Waals surface area contributed by atoms with E-state index in [2.05, 4.69) is 5.16 Å². The summed E-state index contributed by atoms with van der Waals surface area (Å²) in [5.74, 6) is 0.114. The van der Waals surface area contributed by atoms with Crippen molar-refractivity contribution in [3.8, 4) is 11.3 Å². The molecule has 0 aliphatic carbocycles. The molecule has 3 aromatic rings. The molecule has 0 bridgehead atoms. The summed E-state index contributed by atoms with van der Waals surface area (Å²) in [5.41, 5.74) is 2.50. The Bertz CT molecular complexity index is 1140. The Morgan fingerprint density at radius 3 is 2.61 bits per heavy atom. The van der Waals surface area contributed by atoms with Crippen molar-refractivity contribution < 1.29 is 19.0 Å². The minimum absolute atomic E-state index is 0.0413. The minimum atomic E-state index is -0.585. The van der Waals surface area contributed by atoms with Crippen molar-refractivity contribution in [1.29, 1.82) is 0 Å². The molecule has 138 valence electrons. The molecule has 1 aromatic heterocycles. The number of hydrogen-bond donors (Lipinski definition) is 0. The van der Waals surface area contributed by atoms with Crippen molar-refractivity contribution in [2.45, 2.75) is 6.92 Å². The highest BCUT2D eigenvalue weighted by Crippen LogP contribution is 2.33. The molecule has 4 rings (SSSR count). The Kier molecular flexibility index (Phi) is 4.33. The van der Waals surface area contributed by atoms with Gasteiger partial charge in [-0.1, -0.05) is 41.6 Å². The van der Waals surface area contributed by atoms with Gasteiger partial charge >= 0.3 is 5.97 Å². The van der Waals surface area contributed by atoms with E-state index in [1.54, 1.807) is 31.2 Å². The molecule has 0 N–H and O–H groups in total. The molecule has 0 saturated heterocycles. The molecule has 2 aromatic carbocycles. The third-order valence-corrected chi connectivity index (χ3v) is 4.27. The molecular formula is C21H14N2O5. The molecule has 0 spiro atoms. The maximum atomic E-state index is 12.1. The second kappa shape index (κ2) is 6.96. The predicted molar refractivity (Wildman–Crippen MR) is 103 cm³/mol. The second-order valence-corrected chi connectivity index (χ2v) is 6.22. The standard InChI is InChI=1S/C21H14N2O5/c1-13-7-9-16(18(11-13)23(25)26)19-10-8-15(27-19)12-17-20(22-28-21(17)24)14-5-3-2-4-6-14/h2-12H,1H3. The normalized spacial score (nSPS) is 14.8. The average molecular weight is 374 g/mol. The van der Waals surface area contributed by atoms with Crippen LogP contribution in [0.2, 0.25) is 0 Å². The Morgan fingerprint density at radius 2 is 1.86 bits per heavy atom. The van der Waals surface area contributed by atoms with Crippen LogP contribution in [0.4, 0.5) is 5.69 Å². The van der Waals surface area contributed by atoms with E-state index in [1.165, 1.54) is 12.1 Å². The number of hydrogen-bond acceptors (Lipinski definition) is 6. The van der Waals surface area contributed by atoms with Gasteiger partial charge in [0.05, 0.1) is 16.1 Å². The van der Waals surface area contributed by atoms with Gasteiger partial charge in [-0.25, -0.2) is 4.79 Å². The van der Waals surface area contributed by atoms with Crippen molar-refractivity contribution >= 4 is 23.4 Å². The number of nitrogens with zero attached hydrogens (tertiary/aromatic N) is 2. The van der Waals surface area contributed by atoms with Crippen LogP contribution in [0.25, 0.3) is 17.4 Å². The summed E-state index contributed by atoms with van der Waals surface area (Å²) in [6.07, 6.45) is 1.52. The van der Waals surface area contributed by atoms with Gasteiger partial charge in [-0.05, 0) is 36.8 Å². The Labute approximate surface area is 159 Å². The lowest BCUT2D eigenvalue weighted by molar-refractivity contribution is -0.384. The third kappa shape index (κ3) is 3.21. The van der Waals surface area contributed by atoms with Crippen LogP contribution in [0.15, 0.2) is 75.8 Å². The van der Waals surface area contributed by atoms with Gasteiger partial charge in [0, 0.05) is 11.6 Å². The predicted octanol–water partition coefficient (Wildman–Crippen LogP) is 4.51. The number of nitro benzene ring substituents is 1. The molecule has 1 aliphatic heterocycles. The van der Waals surface area contributed by atoms with Gasteiger partial charge in [0.2, 0.25) is 0 Å². The minimum Gasteiger partial charge on any atom is -0.456 e. The maximum absolute atomic E-state index is 12.1. The maximum Gasteiger partial charge on any atom is 0.368 e. The Morgan fingerprint density at radius 1 is 1.07 bits per heavy atom. The number of carbonyl (C=O) groups excluding carboxylic acids is 1. The first-order chi connectivity index (χ1) is 13.5. The molecule has 28 heavy (non-hydrogen) atoms. The number of oxime groups is 1. The SMILES string of the molecule is Cc1ccc(-c2ccc(C=C3C(=O)ON=C3c3ccccc3)o2)c([N+](=O)[O-])c1. The van der Waals surface area contributed by atoms with Crippen LogP contribution in [0.3, 0.4) is 0 Å². The van der Waals surface area contributed by atoms with E-state index in [1.807, 2.05) is 30.3 Å². The van der Waals surface area contributed by atoms with Gasteiger partial charge in [-0.2, -0.15) is 0 Å². The van der Waals surface area contributed by atoms with Gasteiger partial charge in [0.1, 0.15) is 17.2 Å². The van der Waals surface area contributed by atoms with Crippen LogP contribution < -0.4 is 0 Å². The van der Waals surface area contributed by atoms with Gasteiger partial charge in [0.15, 0.2) is 0 Å². The third-order valence-electron chi connectivity index (χ3n) is 4.27. The quantitative estimate of drug-likeness (QED) is 0.290. The zero-order valence-corrected chi connectivity index (χ0v) is 14.8. The molecule has 0 fully saturated rings. The van der Waals surface area contributed by atoms with Gasteiger partial charge in [-0.3, -0.25) is 10.1 Å². The highest BCUT2D eigenvalue weighted by molar-refractivity contribution is 6.31. The topological polar surface area (TPSA) is 94.9 Å².